The van der Waals surface area contributed by atoms with E-state index in [-0.39, 0.29) is 12.6 Å². The molecule has 19 heavy (non-hydrogen) atoms. The maximum atomic E-state index is 11.7. The second-order valence-electron chi connectivity index (χ2n) is 3.82. The molecule has 2 rings (SSSR count). The first-order valence-electron chi connectivity index (χ1n) is 5.68. The average Bonchev–Trinajstić information content (AvgIpc) is 2.46. The van der Waals surface area contributed by atoms with Crippen molar-refractivity contribution in [2.24, 2.45) is 4.99 Å². The van der Waals surface area contributed by atoms with Crippen molar-refractivity contribution < 1.29 is 14.3 Å². The summed E-state index contributed by atoms with van der Waals surface area (Å²) in [6, 6.07) is 15.6. The van der Waals surface area contributed by atoms with Crippen molar-refractivity contribution in [3.05, 3.63) is 65.7 Å². The van der Waals surface area contributed by atoms with E-state index in [0.29, 0.717) is 11.3 Å². The molecule has 0 unspecified atom stereocenters. The number of rotatable bonds is 4. The first kappa shape index (κ1) is 12.7. The van der Waals surface area contributed by atoms with Gasteiger partial charge in [0.25, 0.3) is 0 Å². The summed E-state index contributed by atoms with van der Waals surface area (Å²) in [7, 11) is 0. The molecule has 2 aromatic rings. The summed E-state index contributed by atoms with van der Waals surface area (Å²) in [4.78, 5) is 25.4. The molecule has 0 radical (unpaired) electrons. The molecule has 0 saturated heterocycles. The third kappa shape index (κ3) is 3.63. The Morgan fingerprint density at radius 3 is 2.63 bits per heavy atom. The number of ether oxygens (including phenoxy) is 1. The van der Waals surface area contributed by atoms with Crippen LogP contribution in [0.15, 0.2) is 59.6 Å². The summed E-state index contributed by atoms with van der Waals surface area (Å²) in [6.45, 7) is 0.135. The Bertz CT molecular complexity index is 616. The molecule has 2 aromatic carbocycles. The predicted octanol–water partition coefficient (Wildman–Crippen LogP) is 3.01. The first-order valence-corrected chi connectivity index (χ1v) is 5.68. The van der Waals surface area contributed by atoms with Gasteiger partial charge in [0, 0.05) is 0 Å². The lowest BCUT2D eigenvalue weighted by Gasteiger charge is -2.05. The second kappa shape index (κ2) is 6.28. The summed E-state index contributed by atoms with van der Waals surface area (Å²) in [5, 5.41) is 0. The Balaban J connectivity index is 2.01. The van der Waals surface area contributed by atoms with E-state index in [9.17, 15) is 9.59 Å². The SMILES string of the molecule is O=C=Nc1cccc(COC(=O)c2ccccc2)c1. The molecule has 0 aliphatic carbocycles. The van der Waals surface area contributed by atoms with Gasteiger partial charge in [0.15, 0.2) is 0 Å². The molecule has 0 aliphatic rings. The highest BCUT2D eigenvalue weighted by atomic mass is 16.5. The average molecular weight is 253 g/mol. The lowest BCUT2D eigenvalue weighted by Crippen LogP contribution is -2.04. The normalized spacial score (nSPS) is 9.47. The number of esters is 1. The van der Waals surface area contributed by atoms with Crippen LogP contribution in [-0.2, 0) is 16.1 Å². The van der Waals surface area contributed by atoms with Crippen LogP contribution in [-0.4, -0.2) is 12.0 Å². The summed E-state index contributed by atoms with van der Waals surface area (Å²) >= 11 is 0. The maximum absolute atomic E-state index is 11.7. The molecule has 0 aromatic heterocycles. The zero-order chi connectivity index (χ0) is 13.5. The standard InChI is InChI=1S/C15H11NO3/c17-11-16-14-8-4-5-12(9-14)10-19-15(18)13-6-2-1-3-7-13/h1-9H,10H2. The molecule has 0 amide bonds. The summed E-state index contributed by atoms with van der Waals surface area (Å²) in [5.41, 5.74) is 1.76. The molecular formula is C15H11NO3. The van der Waals surface area contributed by atoms with E-state index in [0.717, 1.165) is 5.56 Å². The van der Waals surface area contributed by atoms with Crippen LogP contribution in [0.2, 0.25) is 0 Å². The number of carbonyl (C=O) groups is 1. The quantitative estimate of drug-likeness (QED) is 0.478. The molecule has 0 atom stereocenters. The van der Waals surface area contributed by atoms with E-state index >= 15 is 0 Å². The molecule has 0 N–H and O–H groups in total. The highest BCUT2D eigenvalue weighted by Crippen LogP contribution is 2.14. The maximum Gasteiger partial charge on any atom is 0.338 e. The van der Waals surface area contributed by atoms with Crippen molar-refractivity contribution in [3.8, 4) is 0 Å². The van der Waals surface area contributed by atoms with Crippen LogP contribution in [0.1, 0.15) is 15.9 Å². The largest absolute Gasteiger partial charge is 0.457 e. The Morgan fingerprint density at radius 2 is 1.89 bits per heavy atom. The van der Waals surface area contributed by atoms with Crippen LogP contribution in [0.3, 0.4) is 0 Å². The van der Waals surface area contributed by atoms with E-state index < -0.39 is 0 Å². The van der Waals surface area contributed by atoms with Crippen LogP contribution in [0.5, 0.6) is 0 Å². The summed E-state index contributed by atoms with van der Waals surface area (Å²) < 4.78 is 5.17. The van der Waals surface area contributed by atoms with Crippen molar-refractivity contribution in [1.82, 2.24) is 0 Å². The fourth-order valence-electron chi connectivity index (χ4n) is 1.57. The minimum atomic E-state index is -0.384. The number of isocyanates is 1. The topological polar surface area (TPSA) is 55.7 Å². The van der Waals surface area contributed by atoms with Gasteiger partial charge in [-0.25, -0.2) is 9.59 Å². The molecule has 0 saturated carbocycles. The minimum Gasteiger partial charge on any atom is -0.457 e. The third-order valence-corrected chi connectivity index (χ3v) is 2.46. The van der Waals surface area contributed by atoms with E-state index in [1.54, 1.807) is 48.5 Å². The van der Waals surface area contributed by atoms with Gasteiger partial charge < -0.3 is 4.74 Å². The highest BCUT2D eigenvalue weighted by molar-refractivity contribution is 5.89. The van der Waals surface area contributed by atoms with Crippen molar-refractivity contribution >= 4 is 17.7 Å². The second-order valence-corrected chi connectivity index (χ2v) is 3.82. The van der Waals surface area contributed by atoms with Gasteiger partial charge in [-0.3, -0.25) is 0 Å². The lowest BCUT2D eigenvalue weighted by atomic mass is 10.2. The monoisotopic (exact) mass is 253 g/mol. The van der Waals surface area contributed by atoms with Crippen molar-refractivity contribution in [2.75, 3.05) is 0 Å². The van der Waals surface area contributed by atoms with E-state index in [1.165, 1.54) is 6.08 Å². The Labute approximate surface area is 110 Å². The number of aliphatic imine (C=N–C) groups is 1. The molecule has 0 spiro atoms. The summed E-state index contributed by atoms with van der Waals surface area (Å²) in [6.07, 6.45) is 1.47. The van der Waals surface area contributed by atoms with E-state index in [2.05, 4.69) is 4.99 Å². The fourth-order valence-corrected chi connectivity index (χ4v) is 1.57. The molecule has 0 bridgehead atoms. The number of hydrogen-bond donors (Lipinski definition) is 0. The first-order chi connectivity index (χ1) is 9.29. The predicted molar refractivity (Wildman–Crippen MR) is 69.8 cm³/mol. The summed E-state index contributed by atoms with van der Waals surface area (Å²) in [5.74, 6) is -0.384. The zero-order valence-electron chi connectivity index (χ0n) is 10.1. The van der Waals surface area contributed by atoms with Crippen LogP contribution in [0.25, 0.3) is 0 Å². The fraction of sp³-hybridized carbons (Fsp3) is 0.0667. The van der Waals surface area contributed by atoms with Crippen molar-refractivity contribution in [3.63, 3.8) is 0 Å². The van der Waals surface area contributed by atoms with Gasteiger partial charge in [-0.15, -0.1) is 0 Å². The molecule has 4 nitrogen and oxygen atoms in total. The third-order valence-electron chi connectivity index (χ3n) is 2.46. The lowest BCUT2D eigenvalue weighted by molar-refractivity contribution is 0.0472. The number of nitrogens with zero attached hydrogens (tertiary/aromatic N) is 1. The number of hydrogen-bond acceptors (Lipinski definition) is 4. The smallest absolute Gasteiger partial charge is 0.338 e. The van der Waals surface area contributed by atoms with Crippen molar-refractivity contribution in [2.45, 2.75) is 6.61 Å². The molecule has 0 heterocycles. The van der Waals surface area contributed by atoms with Gasteiger partial charge in [0.1, 0.15) is 6.61 Å². The Kier molecular flexibility index (Phi) is 4.21. The molecule has 94 valence electrons. The van der Waals surface area contributed by atoms with Gasteiger partial charge in [-0.1, -0.05) is 30.3 Å². The Hall–Kier alpha value is -2.71. The van der Waals surface area contributed by atoms with Crippen LogP contribution >= 0.6 is 0 Å². The molecule has 4 heteroatoms. The molecular weight excluding hydrogens is 242 g/mol. The van der Waals surface area contributed by atoms with Crippen molar-refractivity contribution in [1.29, 1.82) is 0 Å². The van der Waals surface area contributed by atoms with Gasteiger partial charge in [0.05, 0.1) is 11.3 Å². The van der Waals surface area contributed by atoms with Gasteiger partial charge in [0.2, 0.25) is 6.08 Å². The zero-order valence-corrected chi connectivity index (χ0v) is 10.1. The molecule has 0 fully saturated rings. The van der Waals surface area contributed by atoms with Crippen LogP contribution in [0, 0.1) is 0 Å². The van der Waals surface area contributed by atoms with E-state index in [4.69, 9.17) is 4.74 Å². The van der Waals surface area contributed by atoms with E-state index in [1.807, 2.05) is 6.07 Å². The van der Waals surface area contributed by atoms with Gasteiger partial charge in [-0.2, -0.15) is 4.99 Å². The van der Waals surface area contributed by atoms with Crippen LogP contribution < -0.4 is 0 Å². The molecule has 0 aliphatic heterocycles. The van der Waals surface area contributed by atoms with Gasteiger partial charge >= 0.3 is 5.97 Å². The van der Waals surface area contributed by atoms with Crippen LogP contribution in [0.4, 0.5) is 5.69 Å². The van der Waals surface area contributed by atoms with Gasteiger partial charge in [-0.05, 0) is 29.8 Å². The number of carbonyl (C=O) groups excluding carboxylic acids is 2. The number of benzene rings is 2. The minimum absolute atomic E-state index is 0.135. The highest BCUT2D eigenvalue weighted by Gasteiger charge is 2.06. The Morgan fingerprint density at radius 1 is 1.11 bits per heavy atom.